The summed E-state index contributed by atoms with van der Waals surface area (Å²) >= 11 is 0. The average Bonchev–Trinajstić information content (AvgIpc) is 2.59. The van der Waals surface area contributed by atoms with Crippen LogP contribution in [0.15, 0.2) is 48.5 Å². The molecule has 0 aromatic heterocycles. The highest BCUT2D eigenvalue weighted by Gasteiger charge is 2.30. The molecule has 4 nitrogen and oxygen atoms in total. The van der Waals surface area contributed by atoms with Crippen molar-refractivity contribution in [3.63, 3.8) is 0 Å². The van der Waals surface area contributed by atoms with Crippen molar-refractivity contribution >= 4 is 11.6 Å². The predicted octanol–water partition coefficient (Wildman–Crippen LogP) is 4.51. The molecule has 0 radical (unpaired) electrons. The molecule has 2 aromatic rings. The van der Waals surface area contributed by atoms with Gasteiger partial charge in [0.2, 0.25) is 5.91 Å². The van der Waals surface area contributed by atoms with Crippen LogP contribution < -0.4 is 14.8 Å². The van der Waals surface area contributed by atoms with Crippen molar-refractivity contribution in [2.24, 2.45) is 0 Å². The summed E-state index contributed by atoms with van der Waals surface area (Å²) in [6.07, 6.45) is -3.85. The summed E-state index contributed by atoms with van der Waals surface area (Å²) in [5, 5.41) is 2.46. The van der Waals surface area contributed by atoms with Gasteiger partial charge >= 0.3 is 6.18 Å². The van der Waals surface area contributed by atoms with Crippen LogP contribution in [0.4, 0.5) is 18.9 Å². The Hall–Kier alpha value is -2.70. The van der Waals surface area contributed by atoms with E-state index in [-0.39, 0.29) is 18.0 Å². The number of halogens is 3. The maximum absolute atomic E-state index is 12.6. The molecule has 1 N–H and O–H groups in total. The molecule has 7 heteroatoms. The van der Waals surface area contributed by atoms with Crippen LogP contribution in [0.5, 0.6) is 11.5 Å². The van der Waals surface area contributed by atoms with Gasteiger partial charge in [0.1, 0.15) is 11.5 Å². The maximum Gasteiger partial charge on any atom is 0.416 e. The summed E-state index contributed by atoms with van der Waals surface area (Å²) in [6, 6.07) is 11.6. The van der Waals surface area contributed by atoms with Crippen LogP contribution >= 0.6 is 0 Å². The van der Waals surface area contributed by atoms with Crippen molar-refractivity contribution in [1.82, 2.24) is 0 Å². The number of methoxy groups -OCH3 is 1. The molecule has 0 aliphatic heterocycles. The van der Waals surface area contributed by atoms with Crippen LogP contribution in [-0.2, 0) is 11.0 Å². The number of benzene rings is 2. The van der Waals surface area contributed by atoms with E-state index in [0.29, 0.717) is 24.5 Å². The first-order valence-electron chi connectivity index (χ1n) is 7.62. The lowest BCUT2D eigenvalue weighted by atomic mass is 10.2. The monoisotopic (exact) mass is 353 g/mol. The average molecular weight is 353 g/mol. The highest BCUT2D eigenvalue weighted by molar-refractivity contribution is 5.90. The number of hydrogen-bond acceptors (Lipinski definition) is 3. The Morgan fingerprint density at radius 1 is 1.08 bits per heavy atom. The van der Waals surface area contributed by atoms with Crippen LogP contribution in [0.1, 0.15) is 18.4 Å². The third-order valence-electron chi connectivity index (χ3n) is 3.35. The van der Waals surface area contributed by atoms with E-state index in [1.807, 2.05) is 0 Å². The number of carbonyl (C=O) groups excluding carboxylic acids is 1. The minimum absolute atomic E-state index is 0.121. The van der Waals surface area contributed by atoms with Crippen LogP contribution in [0.25, 0.3) is 0 Å². The number of carbonyl (C=O) groups is 1. The van der Waals surface area contributed by atoms with E-state index in [4.69, 9.17) is 9.47 Å². The lowest BCUT2D eigenvalue weighted by Crippen LogP contribution is -2.14. The molecule has 0 saturated heterocycles. The minimum atomic E-state index is -4.44. The molecule has 134 valence electrons. The summed E-state index contributed by atoms with van der Waals surface area (Å²) in [7, 11) is 1.57. The third kappa shape index (κ3) is 6.02. The zero-order valence-electron chi connectivity index (χ0n) is 13.6. The van der Waals surface area contributed by atoms with Gasteiger partial charge in [0.15, 0.2) is 0 Å². The molecule has 0 spiro atoms. The molecular weight excluding hydrogens is 335 g/mol. The molecule has 0 heterocycles. The Kier molecular flexibility index (Phi) is 6.27. The summed E-state index contributed by atoms with van der Waals surface area (Å²) in [5.74, 6) is 1.00. The van der Waals surface area contributed by atoms with Crippen LogP contribution in [0.2, 0.25) is 0 Å². The van der Waals surface area contributed by atoms with Gasteiger partial charge in [-0.3, -0.25) is 4.79 Å². The third-order valence-corrected chi connectivity index (χ3v) is 3.35. The smallest absolute Gasteiger partial charge is 0.416 e. The van der Waals surface area contributed by atoms with Gasteiger partial charge in [-0.15, -0.1) is 0 Å². The van der Waals surface area contributed by atoms with E-state index < -0.39 is 11.7 Å². The van der Waals surface area contributed by atoms with Gasteiger partial charge in [0, 0.05) is 12.1 Å². The van der Waals surface area contributed by atoms with Gasteiger partial charge < -0.3 is 14.8 Å². The molecule has 0 aliphatic rings. The van der Waals surface area contributed by atoms with E-state index in [1.54, 1.807) is 31.4 Å². The second-order valence-corrected chi connectivity index (χ2v) is 5.25. The Morgan fingerprint density at radius 2 is 1.76 bits per heavy atom. The first-order valence-corrected chi connectivity index (χ1v) is 7.62. The highest BCUT2D eigenvalue weighted by Crippen LogP contribution is 2.30. The molecule has 2 aromatic carbocycles. The van der Waals surface area contributed by atoms with Crippen molar-refractivity contribution < 1.29 is 27.4 Å². The van der Waals surface area contributed by atoms with E-state index in [0.717, 1.165) is 12.1 Å². The number of hydrogen-bond donors (Lipinski definition) is 1. The molecule has 0 aliphatic carbocycles. The molecule has 2 rings (SSSR count). The second kappa shape index (κ2) is 8.41. The second-order valence-electron chi connectivity index (χ2n) is 5.25. The fourth-order valence-electron chi connectivity index (χ4n) is 2.09. The van der Waals surface area contributed by atoms with Crippen molar-refractivity contribution in [2.45, 2.75) is 19.0 Å². The normalized spacial score (nSPS) is 11.0. The molecular formula is C18H18F3NO3. The Labute approximate surface area is 143 Å². The Bertz CT molecular complexity index is 699. The molecule has 25 heavy (non-hydrogen) atoms. The van der Waals surface area contributed by atoms with Gasteiger partial charge in [-0.2, -0.15) is 13.2 Å². The van der Waals surface area contributed by atoms with Gasteiger partial charge in [-0.25, -0.2) is 0 Å². The van der Waals surface area contributed by atoms with Crippen molar-refractivity contribution in [1.29, 1.82) is 0 Å². The zero-order chi connectivity index (χ0) is 18.3. The Balaban J connectivity index is 1.75. The summed E-state index contributed by atoms with van der Waals surface area (Å²) in [6.45, 7) is 0.322. The maximum atomic E-state index is 12.6. The molecule has 1 amide bonds. The summed E-state index contributed by atoms with van der Waals surface area (Å²) < 4.78 is 48.4. The van der Waals surface area contributed by atoms with Crippen LogP contribution in [-0.4, -0.2) is 19.6 Å². The van der Waals surface area contributed by atoms with Crippen LogP contribution in [0.3, 0.4) is 0 Å². The van der Waals surface area contributed by atoms with Crippen molar-refractivity contribution in [2.75, 3.05) is 19.0 Å². The van der Waals surface area contributed by atoms with Gasteiger partial charge in [-0.1, -0.05) is 6.07 Å². The number of alkyl halides is 3. The SMILES string of the molecule is COc1ccc(OCCCC(=O)Nc2cccc(C(F)(F)F)c2)cc1. The largest absolute Gasteiger partial charge is 0.497 e. The topological polar surface area (TPSA) is 47.6 Å². The van der Waals surface area contributed by atoms with Gasteiger partial charge in [0.25, 0.3) is 0 Å². The minimum Gasteiger partial charge on any atom is -0.497 e. The molecule has 0 fully saturated rings. The lowest BCUT2D eigenvalue weighted by molar-refractivity contribution is -0.137. The van der Waals surface area contributed by atoms with E-state index in [1.165, 1.54) is 12.1 Å². The number of anilines is 1. The first-order chi connectivity index (χ1) is 11.9. The molecule has 0 atom stereocenters. The van der Waals surface area contributed by atoms with Gasteiger partial charge in [0.05, 0.1) is 19.3 Å². The zero-order valence-corrected chi connectivity index (χ0v) is 13.6. The standard InChI is InChI=1S/C18H18F3NO3/c1-24-15-7-9-16(10-8-15)25-11-3-6-17(23)22-14-5-2-4-13(12-14)18(19,20)21/h2,4-5,7-10,12H,3,6,11H2,1H3,(H,22,23). The van der Waals surface area contributed by atoms with E-state index in [2.05, 4.69) is 5.32 Å². The summed E-state index contributed by atoms with van der Waals surface area (Å²) in [4.78, 5) is 11.8. The number of ether oxygens (including phenoxy) is 2. The molecule has 0 saturated carbocycles. The fourth-order valence-corrected chi connectivity index (χ4v) is 2.09. The number of nitrogens with one attached hydrogen (secondary N) is 1. The van der Waals surface area contributed by atoms with Crippen LogP contribution in [0, 0.1) is 0 Å². The molecule has 0 bridgehead atoms. The Morgan fingerprint density at radius 3 is 2.40 bits per heavy atom. The van der Waals surface area contributed by atoms with E-state index >= 15 is 0 Å². The lowest BCUT2D eigenvalue weighted by Gasteiger charge is -2.10. The quantitative estimate of drug-likeness (QED) is 0.745. The van der Waals surface area contributed by atoms with Gasteiger partial charge in [-0.05, 0) is 48.9 Å². The highest BCUT2D eigenvalue weighted by atomic mass is 19.4. The fraction of sp³-hybridized carbons (Fsp3) is 0.278. The summed E-state index contributed by atoms with van der Waals surface area (Å²) in [5.41, 5.74) is -0.677. The number of amides is 1. The van der Waals surface area contributed by atoms with E-state index in [9.17, 15) is 18.0 Å². The number of rotatable bonds is 7. The molecule has 0 unspecified atom stereocenters. The van der Waals surface area contributed by atoms with Crippen molar-refractivity contribution in [3.8, 4) is 11.5 Å². The predicted molar refractivity (Wildman–Crippen MR) is 87.8 cm³/mol. The first kappa shape index (κ1) is 18.6. The van der Waals surface area contributed by atoms with Crippen molar-refractivity contribution in [3.05, 3.63) is 54.1 Å².